The van der Waals surface area contributed by atoms with E-state index in [2.05, 4.69) is 6.07 Å². The van der Waals surface area contributed by atoms with Gasteiger partial charge in [-0.3, -0.25) is 0 Å². The van der Waals surface area contributed by atoms with Crippen LogP contribution in [-0.4, -0.2) is 10.4 Å². The van der Waals surface area contributed by atoms with Gasteiger partial charge in [0.15, 0.2) is 0 Å². The molecule has 0 N–H and O–H groups in total. The van der Waals surface area contributed by atoms with Crippen molar-refractivity contribution in [2.45, 2.75) is 6.61 Å². The SMILES string of the molecule is N#Cc1c(COC(=O)C=Cc2ccc(Cl)c(Cl)c2)cn2ccccc12. The van der Waals surface area contributed by atoms with E-state index >= 15 is 0 Å². The minimum atomic E-state index is -0.509. The van der Waals surface area contributed by atoms with Crippen LogP contribution in [0, 0.1) is 11.3 Å². The molecule has 3 rings (SSSR count). The first-order chi connectivity index (χ1) is 12.1. The number of rotatable bonds is 4. The summed E-state index contributed by atoms with van der Waals surface area (Å²) < 4.78 is 7.05. The van der Waals surface area contributed by atoms with Gasteiger partial charge in [0.2, 0.25) is 0 Å². The smallest absolute Gasteiger partial charge is 0.331 e. The molecule has 0 radical (unpaired) electrons. The quantitative estimate of drug-likeness (QED) is 0.486. The van der Waals surface area contributed by atoms with Crippen LogP contribution in [0.2, 0.25) is 10.0 Å². The lowest BCUT2D eigenvalue weighted by Gasteiger charge is -2.01. The lowest BCUT2D eigenvalue weighted by atomic mass is 10.2. The van der Waals surface area contributed by atoms with E-state index in [-0.39, 0.29) is 6.61 Å². The molecular formula is C19H12Cl2N2O2. The number of fused-ring (bicyclic) bond motifs is 1. The van der Waals surface area contributed by atoms with Crippen molar-refractivity contribution in [3.8, 4) is 6.07 Å². The predicted octanol–water partition coefficient (Wildman–Crippen LogP) is 4.87. The fourth-order valence-corrected chi connectivity index (χ4v) is 2.70. The number of hydrogen-bond donors (Lipinski definition) is 0. The summed E-state index contributed by atoms with van der Waals surface area (Å²) in [5.41, 5.74) is 2.67. The number of carbonyl (C=O) groups excluding carboxylic acids is 1. The second-order valence-electron chi connectivity index (χ2n) is 5.25. The summed E-state index contributed by atoms with van der Waals surface area (Å²) in [6.45, 7) is 0.0229. The third kappa shape index (κ3) is 3.85. The molecule has 6 heteroatoms. The number of pyridine rings is 1. The van der Waals surface area contributed by atoms with Crippen molar-refractivity contribution in [3.05, 3.63) is 81.6 Å². The summed E-state index contributed by atoms with van der Waals surface area (Å²) in [7, 11) is 0. The molecule has 0 aliphatic rings. The molecule has 3 aromatic rings. The van der Waals surface area contributed by atoms with Gasteiger partial charge in [-0.25, -0.2) is 4.79 Å². The van der Waals surface area contributed by atoms with E-state index in [0.29, 0.717) is 21.2 Å². The molecule has 0 bridgehead atoms. The van der Waals surface area contributed by atoms with E-state index in [1.54, 1.807) is 30.5 Å². The molecule has 0 saturated carbocycles. The number of benzene rings is 1. The Balaban J connectivity index is 1.69. The van der Waals surface area contributed by atoms with E-state index in [1.165, 1.54) is 6.08 Å². The number of nitriles is 1. The Morgan fingerprint density at radius 1 is 1.24 bits per heavy atom. The molecule has 0 amide bonds. The normalized spacial score (nSPS) is 10.9. The van der Waals surface area contributed by atoms with Crippen LogP contribution in [0.1, 0.15) is 16.7 Å². The lowest BCUT2D eigenvalue weighted by Crippen LogP contribution is -2.01. The molecule has 0 aliphatic carbocycles. The first-order valence-electron chi connectivity index (χ1n) is 7.37. The molecule has 0 spiro atoms. The maximum atomic E-state index is 11.9. The van der Waals surface area contributed by atoms with Gasteiger partial charge in [0.25, 0.3) is 0 Å². The summed E-state index contributed by atoms with van der Waals surface area (Å²) in [6.07, 6.45) is 6.52. The van der Waals surface area contributed by atoms with E-state index in [1.807, 2.05) is 28.8 Å². The van der Waals surface area contributed by atoms with Gasteiger partial charge in [-0.2, -0.15) is 5.26 Å². The van der Waals surface area contributed by atoms with Gasteiger partial charge >= 0.3 is 5.97 Å². The average Bonchev–Trinajstić information content (AvgIpc) is 2.98. The first-order valence-corrected chi connectivity index (χ1v) is 8.12. The van der Waals surface area contributed by atoms with Crippen molar-refractivity contribution in [1.29, 1.82) is 5.26 Å². The minimum Gasteiger partial charge on any atom is -0.458 e. The Morgan fingerprint density at radius 2 is 2.08 bits per heavy atom. The van der Waals surface area contributed by atoms with Gasteiger partial charge in [0, 0.05) is 24.0 Å². The van der Waals surface area contributed by atoms with Crippen molar-refractivity contribution in [1.82, 2.24) is 4.40 Å². The highest BCUT2D eigenvalue weighted by Gasteiger charge is 2.11. The Bertz CT molecular complexity index is 1020. The van der Waals surface area contributed by atoms with Crippen molar-refractivity contribution >= 4 is 40.8 Å². The van der Waals surface area contributed by atoms with Crippen LogP contribution < -0.4 is 0 Å². The number of carbonyl (C=O) groups is 1. The van der Waals surface area contributed by atoms with Crippen LogP contribution in [0.5, 0.6) is 0 Å². The number of ether oxygens (including phenoxy) is 1. The zero-order chi connectivity index (χ0) is 17.8. The van der Waals surface area contributed by atoms with Gasteiger partial charge in [-0.1, -0.05) is 35.3 Å². The van der Waals surface area contributed by atoms with Crippen molar-refractivity contribution in [2.24, 2.45) is 0 Å². The van der Waals surface area contributed by atoms with Crippen LogP contribution in [0.25, 0.3) is 11.6 Å². The third-order valence-electron chi connectivity index (χ3n) is 3.60. The first kappa shape index (κ1) is 17.1. The van der Waals surface area contributed by atoms with Crippen LogP contribution in [0.4, 0.5) is 0 Å². The summed E-state index contributed by atoms with van der Waals surface area (Å²) in [6, 6.07) is 12.8. The number of aromatic nitrogens is 1. The topological polar surface area (TPSA) is 54.5 Å². The highest BCUT2D eigenvalue weighted by Crippen LogP contribution is 2.23. The van der Waals surface area contributed by atoms with E-state index in [9.17, 15) is 10.1 Å². The molecule has 0 atom stereocenters. The molecule has 2 heterocycles. The fourth-order valence-electron chi connectivity index (χ4n) is 2.39. The van der Waals surface area contributed by atoms with Gasteiger partial charge in [-0.15, -0.1) is 0 Å². The maximum absolute atomic E-state index is 11.9. The molecule has 0 unspecified atom stereocenters. The molecule has 0 saturated heterocycles. The molecule has 4 nitrogen and oxygen atoms in total. The van der Waals surface area contributed by atoms with Crippen LogP contribution >= 0.6 is 23.2 Å². The Kier molecular flexibility index (Phi) is 5.08. The monoisotopic (exact) mass is 370 g/mol. The highest BCUT2D eigenvalue weighted by molar-refractivity contribution is 6.42. The number of esters is 1. The number of nitrogens with zero attached hydrogens (tertiary/aromatic N) is 2. The van der Waals surface area contributed by atoms with Gasteiger partial charge in [-0.05, 0) is 35.9 Å². The Hall–Kier alpha value is -2.74. The highest BCUT2D eigenvalue weighted by atomic mass is 35.5. The van der Waals surface area contributed by atoms with Crippen LogP contribution in [0.3, 0.4) is 0 Å². The molecule has 25 heavy (non-hydrogen) atoms. The summed E-state index contributed by atoms with van der Waals surface area (Å²) in [4.78, 5) is 11.9. The standard InChI is InChI=1S/C19H12Cl2N2O2/c20-16-6-4-13(9-17(16)21)5-7-19(24)25-12-14-11-23-8-2-1-3-18(23)15(14)10-22/h1-9,11H,12H2. The average molecular weight is 371 g/mol. The third-order valence-corrected chi connectivity index (χ3v) is 4.34. The zero-order valence-corrected chi connectivity index (χ0v) is 14.5. The van der Waals surface area contributed by atoms with Gasteiger partial charge in [0.05, 0.1) is 21.1 Å². The zero-order valence-electron chi connectivity index (χ0n) is 12.9. The van der Waals surface area contributed by atoms with E-state index in [0.717, 1.165) is 11.1 Å². The molecular weight excluding hydrogens is 359 g/mol. The molecule has 1 aromatic carbocycles. The Morgan fingerprint density at radius 3 is 2.84 bits per heavy atom. The Labute approximate surface area is 154 Å². The van der Waals surface area contributed by atoms with Crippen molar-refractivity contribution in [3.63, 3.8) is 0 Å². The molecule has 124 valence electrons. The van der Waals surface area contributed by atoms with Gasteiger partial charge in [0.1, 0.15) is 12.7 Å². The molecule has 0 aliphatic heterocycles. The van der Waals surface area contributed by atoms with Crippen LogP contribution in [-0.2, 0) is 16.1 Å². The maximum Gasteiger partial charge on any atom is 0.331 e. The fraction of sp³-hybridized carbons (Fsp3) is 0.0526. The van der Waals surface area contributed by atoms with Crippen LogP contribution in [0.15, 0.2) is 54.9 Å². The van der Waals surface area contributed by atoms with Crippen molar-refractivity contribution in [2.75, 3.05) is 0 Å². The summed E-state index contributed by atoms with van der Waals surface area (Å²) in [5.74, 6) is -0.509. The molecule has 0 fully saturated rings. The van der Waals surface area contributed by atoms with Gasteiger partial charge < -0.3 is 9.14 Å². The summed E-state index contributed by atoms with van der Waals surface area (Å²) >= 11 is 11.8. The molecule has 2 aromatic heterocycles. The predicted molar refractivity (Wildman–Crippen MR) is 97.4 cm³/mol. The largest absolute Gasteiger partial charge is 0.458 e. The number of hydrogen-bond acceptors (Lipinski definition) is 3. The second kappa shape index (κ2) is 7.43. The number of halogens is 2. The second-order valence-corrected chi connectivity index (χ2v) is 6.06. The van der Waals surface area contributed by atoms with Crippen molar-refractivity contribution < 1.29 is 9.53 Å². The van der Waals surface area contributed by atoms with E-state index < -0.39 is 5.97 Å². The van der Waals surface area contributed by atoms with E-state index in [4.69, 9.17) is 27.9 Å². The minimum absolute atomic E-state index is 0.0229. The summed E-state index contributed by atoms with van der Waals surface area (Å²) in [5, 5.41) is 10.2. The lowest BCUT2D eigenvalue weighted by molar-refractivity contribution is -0.138.